The van der Waals surface area contributed by atoms with Crippen molar-refractivity contribution < 1.29 is 9.59 Å². The van der Waals surface area contributed by atoms with Crippen LogP contribution < -0.4 is 0 Å². The Kier molecular flexibility index (Phi) is 2.20. The van der Waals surface area contributed by atoms with Crippen LogP contribution in [0.25, 0.3) is 0 Å². The first-order valence-electron chi connectivity index (χ1n) is 3.23. The topological polar surface area (TPSA) is 37.4 Å². The Morgan fingerprint density at radius 1 is 1.70 bits per heavy atom. The lowest BCUT2D eigenvalue weighted by Gasteiger charge is -2.20. The predicted molar refractivity (Wildman–Crippen MR) is 36.4 cm³/mol. The van der Waals surface area contributed by atoms with E-state index in [2.05, 4.69) is 0 Å². The van der Waals surface area contributed by atoms with Crippen molar-refractivity contribution in [1.82, 2.24) is 4.90 Å². The van der Waals surface area contributed by atoms with Gasteiger partial charge in [0.05, 0.1) is 6.54 Å². The van der Waals surface area contributed by atoms with Gasteiger partial charge in [-0.1, -0.05) is 6.08 Å². The monoisotopic (exact) mass is 139 g/mol. The SMILES string of the molecule is O=CCN1CCC=CC1=O. The normalized spacial score (nSPS) is 17.6. The van der Waals surface area contributed by atoms with Crippen LogP contribution in [0.3, 0.4) is 0 Å². The number of rotatable bonds is 2. The molecule has 0 aromatic carbocycles. The zero-order valence-corrected chi connectivity index (χ0v) is 5.62. The van der Waals surface area contributed by atoms with Crippen LogP contribution in [0.4, 0.5) is 0 Å². The second kappa shape index (κ2) is 3.15. The van der Waals surface area contributed by atoms with Gasteiger partial charge in [-0.25, -0.2) is 0 Å². The average molecular weight is 139 g/mol. The first-order chi connectivity index (χ1) is 4.84. The number of aldehydes is 1. The molecular formula is C7H9NO2. The molecule has 3 heteroatoms. The lowest BCUT2D eigenvalue weighted by molar-refractivity contribution is -0.128. The maximum Gasteiger partial charge on any atom is 0.246 e. The molecule has 0 aliphatic carbocycles. The van der Waals surface area contributed by atoms with Crippen molar-refractivity contribution in [2.75, 3.05) is 13.1 Å². The third-order valence-corrected chi connectivity index (χ3v) is 1.43. The quantitative estimate of drug-likeness (QED) is 0.504. The fourth-order valence-electron chi connectivity index (χ4n) is 0.901. The molecule has 0 bridgehead atoms. The van der Waals surface area contributed by atoms with Gasteiger partial charge in [0.2, 0.25) is 5.91 Å². The molecule has 0 saturated carbocycles. The van der Waals surface area contributed by atoms with Crippen LogP contribution in [0.15, 0.2) is 12.2 Å². The molecule has 0 spiro atoms. The maximum atomic E-state index is 10.9. The van der Waals surface area contributed by atoms with Gasteiger partial charge in [-0.05, 0) is 12.5 Å². The van der Waals surface area contributed by atoms with Gasteiger partial charge in [0.1, 0.15) is 6.29 Å². The molecule has 0 aromatic rings. The van der Waals surface area contributed by atoms with E-state index < -0.39 is 0 Å². The molecule has 0 fully saturated rings. The van der Waals surface area contributed by atoms with Gasteiger partial charge in [0.25, 0.3) is 0 Å². The molecule has 10 heavy (non-hydrogen) atoms. The number of amides is 1. The highest BCUT2D eigenvalue weighted by molar-refractivity contribution is 5.89. The fourth-order valence-corrected chi connectivity index (χ4v) is 0.901. The summed E-state index contributed by atoms with van der Waals surface area (Å²) in [5.74, 6) is -0.0571. The van der Waals surface area contributed by atoms with Crippen molar-refractivity contribution in [2.45, 2.75) is 6.42 Å². The van der Waals surface area contributed by atoms with Crippen LogP contribution >= 0.6 is 0 Å². The molecule has 1 rings (SSSR count). The van der Waals surface area contributed by atoms with Gasteiger partial charge in [-0.3, -0.25) is 4.79 Å². The zero-order chi connectivity index (χ0) is 7.40. The van der Waals surface area contributed by atoms with E-state index in [-0.39, 0.29) is 12.5 Å². The van der Waals surface area contributed by atoms with Crippen LogP contribution in [-0.2, 0) is 9.59 Å². The second-order valence-electron chi connectivity index (χ2n) is 2.14. The molecule has 0 saturated heterocycles. The molecule has 0 N–H and O–H groups in total. The molecule has 0 radical (unpaired) electrons. The molecule has 1 heterocycles. The van der Waals surface area contributed by atoms with E-state index in [1.54, 1.807) is 0 Å². The minimum absolute atomic E-state index is 0.0571. The number of hydrogen-bond acceptors (Lipinski definition) is 2. The van der Waals surface area contributed by atoms with Crippen molar-refractivity contribution in [1.29, 1.82) is 0 Å². The highest BCUT2D eigenvalue weighted by Crippen LogP contribution is 2.00. The minimum Gasteiger partial charge on any atom is -0.332 e. The minimum atomic E-state index is -0.0571. The van der Waals surface area contributed by atoms with Crippen LogP contribution in [-0.4, -0.2) is 30.2 Å². The Morgan fingerprint density at radius 2 is 2.50 bits per heavy atom. The van der Waals surface area contributed by atoms with E-state index in [9.17, 15) is 9.59 Å². The Balaban J connectivity index is 2.52. The first kappa shape index (κ1) is 6.99. The third-order valence-electron chi connectivity index (χ3n) is 1.43. The Labute approximate surface area is 59.3 Å². The molecule has 1 amide bonds. The summed E-state index contributed by atoms with van der Waals surface area (Å²) < 4.78 is 0. The summed E-state index contributed by atoms with van der Waals surface area (Å²) >= 11 is 0. The second-order valence-corrected chi connectivity index (χ2v) is 2.14. The van der Waals surface area contributed by atoms with Crippen molar-refractivity contribution in [2.24, 2.45) is 0 Å². The Hall–Kier alpha value is -1.12. The third kappa shape index (κ3) is 1.43. The van der Waals surface area contributed by atoms with Crippen molar-refractivity contribution in [3.63, 3.8) is 0 Å². The molecule has 1 aliphatic rings. The van der Waals surface area contributed by atoms with E-state index in [0.717, 1.165) is 12.7 Å². The van der Waals surface area contributed by atoms with Crippen molar-refractivity contribution in [3.8, 4) is 0 Å². The lowest BCUT2D eigenvalue weighted by Crippen LogP contribution is -2.33. The van der Waals surface area contributed by atoms with Crippen LogP contribution in [0.5, 0.6) is 0 Å². The summed E-state index contributed by atoms with van der Waals surface area (Å²) in [6.45, 7) is 0.900. The van der Waals surface area contributed by atoms with Gasteiger partial charge < -0.3 is 9.69 Å². The summed E-state index contributed by atoms with van der Waals surface area (Å²) in [6, 6.07) is 0. The zero-order valence-electron chi connectivity index (χ0n) is 5.62. The summed E-state index contributed by atoms with van der Waals surface area (Å²) in [6.07, 6.45) is 4.94. The summed E-state index contributed by atoms with van der Waals surface area (Å²) in [7, 11) is 0. The number of nitrogens with zero attached hydrogens (tertiary/aromatic N) is 1. The molecule has 3 nitrogen and oxygen atoms in total. The highest BCUT2D eigenvalue weighted by atomic mass is 16.2. The van der Waals surface area contributed by atoms with E-state index in [1.807, 2.05) is 6.08 Å². The number of carbonyl (C=O) groups is 2. The summed E-state index contributed by atoms with van der Waals surface area (Å²) in [5.41, 5.74) is 0. The molecule has 0 atom stereocenters. The number of hydrogen-bond donors (Lipinski definition) is 0. The molecule has 1 aliphatic heterocycles. The molecule has 0 unspecified atom stereocenters. The molecule has 54 valence electrons. The fraction of sp³-hybridized carbons (Fsp3) is 0.429. The average Bonchev–Trinajstić information content (AvgIpc) is 1.94. The van der Waals surface area contributed by atoms with E-state index in [1.165, 1.54) is 11.0 Å². The predicted octanol–water partition coefficient (Wildman–Crippen LogP) is -0.0262. The van der Waals surface area contributed by atoms with Crippen molar-refractivity contribution >= 4 is 12.2 Å². The maximum absolute atomic E-state index is 10.9. The van der Waals surface area contributed by atoms with Crippen LogP contribution in [0.2, 0.25) is 0 Å². The van der Waals surface area contributed by atoms with Crippen LogP contribution in [0, 0.1) is 0 Å². The largest absolute Gasteiger partial charge is 0.332 e. The molecule has 0 aromatic heterocycles. The van der Waals surface area contributed by atoms with E-state index in [0.29, 0.717) is 6.54 Å². The van der Waals surface area contributed by atoms with Gasteiger partial charge in [0, 0.05) is 6.54 Å². The molecular weight excluding hydrogens is 130 g/mol. The van der Waals surface area contributed by atoms with Gasteiger partial charge in [-0.2, -0.15) is 0 Å². The van der Waals surface area contributed by atoms with E-state index >= 15 is 0 Å². The van der Waals surface area contributed by atoms with Gasteiger partial charge in [-0.15, -0.1) is 0 Å². The summed E-state index contributed by atoms with van der Waals surface area (Å²) in [4.78, 5) is 22.4. The Bertz CT molecular complexity index is 174. The summed E-state index contributed by atoms with van der Waals surface area (Å²) in [5, 5.41) is 0. The first-order valence-corrected chi connectivity index (χ1v) is 3.23. The standard InChI is InChI=1S/C7H9NO2/c9-6-5-8-4-2-1-3-7(8)10/h1,3,6H,2,4-5H2. The van der Waals surface area contributed by atoms with Crippen molar-refractivity contribution in [3.05, 3.63) is 12.2 Å². The lowest BCUT2D eigenvalue weighted by atomic mass is 10.2. The smallest absolute Gasteiger partial charge is 0.246 e. The Morgan fingerprint density at radius 3 is 3.10 bits per heavy atom. The van der Waals surface area contributed by atoms with Gasteiger partial charge in [0.15, 0.2) is 0 Å². The van der Waals surface area contributed by atoms with Crippen LogP contribution in [0.1, 0.15) is 6.42 Å². The number of carbonyl (C=O) groups excluding carboxylic acids is 2. The van der Waals surface area contributed by atoms with Gasteiger partial charge >= 0.3 is 0 Å². The van der Waals surface area contributed by atoms with E-state index in [4.69, 9.17) is 0 Å². The highest BCUT2D eigenvalue weighted by Gasteiger charge is 2.11.